The van der Waals surface area contributed by atoms with Crippen molar-refractivity contribution in [2.45, 2.75) is 0 Å². The summed E-state index contributed by atoms with van der Waals surface area (Å²) >= 11 is 3.12. The monoisotopic (exact) mass is 182 g/mol. The van der Waals surface area contributed by atoms with Gasteiger partial charge >= 0.3 is 0 Å². The molecule has 0 amide bonds. The van der Waals surface area contributed by atoms with E-state index in [2.05, 4.69) is 15.9 Å². The summed E-state index contributed by atoms with van der Waals surface area (Å²) in [5, 5.41) is 9.03. The highest BCUT2D eigenvalue weighted by Gasteiger charge is 1.96. The molecular weight excluding hydrogens is 179 g/mol. The van der Waals surface area contributed by atoms with Crippen molar-refractivity contribution in [3.63, 3.8) is 0 Å². The molecule has 0 aliphatic carbocycles. The van der Waals surface area contributed by atoms with Crippen molar-refractivity contribution in [3.8, 4) is 5.75 Å². The number of rotatable bonds is 0. The van der Waals surface area contributed by atoms with Gasteiger partial charge in [0.2, 0.25) is 0 Å². The molecule has 1 aromatic rings. The van der Waals surface area contributed by atoms with Crippen LogP contribution in [-0.2, 0) is 0 Å². The smallest absolute Gasteiger partial charge is 0.122 e. The maximum absolute atomic E-state index is 9.03. The van der Waals surface area contributed by atoms with Gasteiger partial charge in [0.25, 0.3) is 0 Å². The van der Waals surface area contributed by atoms with E-state index >= 15 is 0 Å². The van der Waals surface area contributed by atoms with Crippen LogP contribution in [0.15, 0.2) is 22.7 Å². The molecule has 0 aromatic heterocycles. The summed E-state index contributed by atoms with van der Waals surface area (Å²) in [5.74, 6) is 0.109. The Labute approximate surface area is 63.2 Å². The fourth-order valence-electron chi connectivity index (χ4n) is 0.532. The van der Waals surface area contributed by atoms with Crippen molar-refractivity contribution in [2.24, 2.45) is 0 Å². The molecule has 3 heteroatoms. The Hall–Kier alpha value is -0.435. The quantitative estimate of drug-likeness (QED) is 0.593. The third-order valence-corrected chi connectivity index (χ3v) is 1.66. The molecule has 0 saturated heterocycles. The Morgan fingerprint density at radius 3 is 2.56 bits per heavy atom. The molecule has 9 heavy (non-hydrogen) atoms. The Morgan fingerprint density at radius 2 is 2.11 bits per heavy atom. The van der Waals surface area contributed by atoms with E-state index in [1.54, 1.807) is 18.2 Å². The SMILES string of the molecule is [B]c1cccc(Br)c1O. The highest BCUT2D eigenvalue weighted by Crippen LogP contribution is 2.18. The summed E-state index contributed by atoms with van der Waals surface area (Å²) in [5.41, 5.74) is 0.393. The van der Waals surface area contributed by atoms with Crippen molar-refractivity contribution in [2.75, 3.05) is 0 Å². The van der Waals surface area contributed by atoms with Crippen LogP contribution in [0, 0.1) is 0 Å². The standard InChI is InChI=1S/C6H4BBrO/c7-4-2-1-3-5(8)6(4)9/h1-3,9H. The van der Waals surface area contributed by atoms with Crippen LogP contribution in [0.1, 0.15) is 0 Å². The lowest BCUT2D eigenvalue weighted by molar-refractivity contribution is 0.476. The van der Waals surface area contributed by atoms with Crippen LogP contribution < -0.4 is 5.46 Å². The van der Waals surface area contributed by atoms with Gasteiger partial charge in [-0.1, -0.05) is 17.6 Å². The average Bonchev–Trinajstić information content (AvgIpc) is 1.83. The van der Waals surface area contributed by atoms with Gasteiger partial charge in [-0.25, -0.2) is 0 Å². The Kier molecular flexibility index (Phi) is 1.81. The maximum Gasteiger partial charge on any atom is 0.122 e. The van der Waals surface area contributed by atoms with Gasteiger partial charge in [-0.2, -0.15) is 0 Å². The topological polar surface area (TPSA) is 20.2 Å². The van der Waals surface area contributed by atoms with Gasteiger partial charge in [-0.3, -0.25) is 0 Å². The number of phenolic OH excluding ortho intramolecular Hbond substituents is 1. The largest absolute Gasteiger partial charge is 0.507 e. The molecule has 0 aliphatic rings. The maximum atomic E-state index is 9.03. The van der Waals surface area contributed by atoms with Crippen molar-refractivity contribution in [3.05, 3.63) is 22.7 Å². The molecular formula is C6H4BBrO. The molecule has 0 saturated carbocycles. The second-order valence-corrected chi connectivity index (χ2v) is 2.53. The first-order valence-electron chi connectivity index (χ1n) is 2.45. The predicted octanol–water partition coefficient (Wildman–Crippen LogP) is 0.948. The molecule has 0 aliphatic heterocycles. The van der Waals surface area contributed by atoms with Gasteiger partial charge in [-0.05, 0) is 22.0 Å². The van der Waals surface area contributed by atoms with E-state index in [9.17, 15) is 0 Å². The summed E-state index contributed by atoms with van der Waals surface area (Å²) in [7, 11) is 5.34. The summed E-state index contributed by atoms with van der Waals surface area (Å²) in [6.45, 7) is 0. The molecule has 1 N–H and O–H groups in total. The third-order valence-electron chi connectivity index (χ3n) is 1.02. The molecule has 1 aromatic carbocycles. The van der Waals surface area contributed by atoms with E-state index in [0.29, 0.717) is 9.94 Å². The van der Waals surface area contributed by atoms with Gasteiger partial charge in [0.05, 0.1) is 4.47 Å². The van der Waals surface area contributed by atoms with E-state index in [-0.39, 0.29) is 5.75 Å². The van der Waals surface area contributed by atoms with Crippen LogP contribution in [0.2, 0.25) is 0 Å². The van der Waals surface area contributed by atoms with E-state index in [1.165, 1.54) is 0 Å². The molecule has 0 fully saturated rings. The molecule has 2 radical (unpaired) electrons. The van der Waals surface area contributed by atoms with Crippen molar-refractivity contribution >= 4 is 29.2 Å². The first-order valence-corrected chi connectivity index (χ1v) is 3.24. The normalized spacial score (nSPS) is 9.44. The summed E-state index contributed by atoms with van der Waals surface area (Å²) in [6, 6.07) is 5.13. The molecule has 44 valence electrons. The highest BCUT2D eigenvalue weighted by atomic mass is 79.9. The number of benzene rings is 1. The van der Waals surface area contributed by atoms with E-state index in [4.69, 9.17) is 13.0 Å². The van der Waals surface area contributed by atoms with Gasteiger partial charge in [0.15, 0.2) is 0 Å². The minimum atomic E-state index is 0.109. The zero-order valence-electron chi connectivity index (χ0n) is 4.63. The third kappa shape index (κ3) is 1.27. The zero-order chi connectivity index (χ0) is 6.85. The van der Waals surface area contributed by atoms with Crippen molar-refractivity contribution in [1.29, 1.82) is 0 Å². The molecule has 0 atom stereocenters. The molecule has 0 unspecified atom stereocenters. The molecule has 1 rings (SSSR count). The zero-order valence-corrected chi connectivity index (χ0v) is 6.22. The number of hydrogen-bond acceptors (Lipinski definition) is 1. The first-order chi connectivity index (χ1) is 4.22. The first kappa shape index (κ1) is 6.68. The van der Waals surface area contributed by atoms with Crippen molar-refractivity contribution in [1.82, 2.24) is 0 Å². The fourth-order valence-corrected chi connectivity index (χ4v) is 0.914. The number of para-hydroxylation sites is 1. The van der Waals surface area contributed by atoms with Crippen LogP contribution in [0.3, 0.4) is 0 Å². The van der Waals surface area contributed by atoms with Gasteiger partial charge in [-0.15, -0.1) is 0 Å². The molecule has 0 bridgehead atoms. The number of phenols is 1. The average molecular weight is 183 g/mol. The minimum absolute atomic E-state index is 0.109. The van der Waals surface area contributed by atoms with Gasteiger partial charge in [0.1, 0.15) is 13.6 Å². The van der Waals surface area contributed by atoms with Crippen LogP contribution in [-0.4, -0.2) is 13.0 Å². The van der Waals surface area contributed by atoms with Gasteiger partial charge in [0, 0.05) is 0 Å². The summed E-state index contributed by atoms with van der Waals surface area (Å²) < 4.78 is 0.627. The fraction of sp³-hybridized carbons (Fsp3) is 0. The Balaban J connectivity index is 3.25. The Bertz CT molecular complexity index is 204. The number of halogens is 1. The minimum Gasteiger partial charge on any atom is -0.507 e. The highest BCUT2D eigenvalue weighted by molar-refractivity contribution is 9.10. The molecule has 0 spiro atoms. The van der Waals surface area contributed by atoms with Crippen LogP contribution in [0.25, 0.3) is 0 Å². The van der Waals surface area contributed by atoms with E-state index in [1.807, 2.05) is 0 Å². The molecule has 1 nitrogen and oxygen atoms in total. The second-order valence-electron chi connectivity index (χ2n) is 1.68. The van der Waals surface area contributed by atoms with Crippen LogP contribution >= 0.6 is 15.9 Å². The summed E-state index contributed by atoms with van der Waals surface area (Å²) in [6.07, 6.45) is 0. The lowest BCUT2D eigenvalue weighted by Gasteiger charge is -1.98. The van der Waals surface area contributed by atoms with Gasteiger partial charge < -0.3 is 5.11 Å². The number of aromatic hydroxyl groups is 1. The molecule has 0 heterocycles. The van der Waals surface area contributed by atoms with Crippen molar-refractivity contribution < 1.29 is 5.11 Å². The lowest BCUT2D eigenvalue weighted by atomic mass is 9.95. The lowest BCUT2D eigenvalue weighted by Crippen LogP contribution is -2.01. The second kappa shape index (κ2) is 2.44. The van der Waals surface area contributed by atoms with E-state index < -0.39 is 0 Å². The van der Waals surface area contributed by atoms with Crippen LogP contribution in [0.4, 0.5) is 0 Å². The summed E-state index contributed by atoms with van der Waals surface area (Å²) in [4.78, 5) is 0. The Morgan fingerprint density at radius 1 is 1.44 bits per heavy atom. The van der Waals surface area contributed by atoms with Crippen LogP contribution in [0.5, 0.6) is 5.75 Å². The predicted molar refractivity (Wildman–Crippen MR) is 41.2 cm³/mol. The van der Waals surface area contributed by atoms with E-state index in [0.717, 1.165) is 0 Å². The number of hydrogen-bond donors (Lipinski definition) is 1.